The summed E-state index contributed by atoms with van der Waals surface area (Å²) in [5.74, 6) is -0.0331. The normalized spacial score (nSPS) is 17.9. The molecule has 2 aromatic carbocycles. The highest BCUT2D eigenvalue weighted by Crippen LogP contribution is 2.39. The molecule has 2 aliphatic rings. The van der Waals surface area contributed by atoms with Crippen molar-refractivity contribution in [3.8, 4) is 0 Å². The van der Waals surface area contributed by atoms with Gasteiger partial charge in [0.15, 0.2) is 0 Å². The van der Waals surface area contributed by atoms with Crippen LogP contribution in [0.2, 0.25) is 0 Å². The van der Waals surface area contributed by atoms with Gasteiger partial charge in [-0.1, -0.05) is 12.1 Å². The number of para-hydroxylation sites is 2. The van der Waals surface area contributed by atoms with Crippen LogP contribution in [-0.2, 0) is 4.74 Å². The van der Waals surface area contributed by atoms with Crippen molar-refractivity contribution in [2.24, 2.45) is 0 Å². The third-order valence-electron chi connectivity index (χ3n) is 6.29. The van der Waals surface area contributed by atoms with Crippen LogP contribution in [0.15, 0.2) is 60.9 Å². The molecule has 3 aromatic rings. The molecule has 0 saturated carbocycles. The number of rotatable bonds is 3. The van der Waals surface area contributed by atoms with Crippen LogP contribution in [0.4, 0.5) is 21.9 Å². The maximum atomic E-state index is 13.4. The van der Waals surface area contributed by atoms with E-state index in [1.165, 1.54) is 7.11 Å². The lowest BCUT2D eigenvalue weighted by molar-refractivity contribution is 0.0600. The zero-order valence-corrected chi connectivity index (χ0v) is 17.9. The Balaban J connectivity index is 1.37. The van der Waals surface area contributed by atoms with Crippen LogP contribution in [0.3, 0.4) is 0 Å². The van der Waals surface area contributed by atoms with Crippen molar-refractivity contribution in [1.29, 1.82) is 0 Å². The number of urea groups is 1. The van der Waals surface area contributed by atoms with E-state index in [1.54, 1.807) is 12.1 Å². The van der Waals surface area contributed by atoms with Gasteiger partial charge in [-0.2, -0.15) is 5.10 Å². The Morgan fingerprint density at radius 2 is 1.81 bits per heavy atom. The summed E-state index contributed by atoms with van der Waals surface area (Å²) in [5, 5.41) is 6.91. The van der Waals surface area contributed by atoms with Gasteiger partial charge in [0.05, 0.1) is 30.2 Å². The highest BCUT2D eigenvalue weighted by molar-refractivity contribution is 5.98. The van der Waals surface area contributed by atoms with Gasteiger partial charge in [0.1, 0.15) is 0 Å². The van der Waals surface area contributed by atoms with Crippen LogP contribution in [0.25, 0.3) is 0 Å². The minimum absolute atomic E-state index is 0.0455. The van der Waals surface area contributed by atoms with E-state index >= 15 is 0 Å². The number of ether oxygens (including phenoxy) is 1. The van der Waals surface area contributed by atoms with Gasteiger partial charge >= 0.3 is 12.0 Å². The summed E-state index contributed by atoms with van der Waals surface area (Å²) in [7, 11) is 1.38. The predicted octanol–water partition coefficient (Wildman–Crippen LogP) is 3.76. The predicted molar refractivity (Wildman–Crippen MR) is 121 cm³/mol. The number of hydrogen-bond donors (Lipinski definition) is 1. The molecule has 1 unspecified atom stereocenters. The number of amides is 2. The molecule has 5 rings (SSSR count). The number of esters is 1. The number of anilines is 3. The first kappa shape index (κ1) is 20.1. The zero-order valence-electron chi connectivity index (χ0n) is 17.9. The number of likely N-dealkylation sites (tertiary alicyclic amines) is 1. The number of H-pyrrole nitrogens is 1. The van der Waals surface area contributed by atoms with Crippen LogP contribution in [0.1, 0.15) is 28.3 Å². The SMILES string of the molecule is COC(=O)c1ccc(N2CCN(C(=O)N3CCC(c4cn[nH]c4)C3)c3ccccc32)cc1. The Kier molecular flexibility index (Phi) is 5.26. The second kappa shape index (κ2) is 8.37. The van der Waals surface area contributed by atoms with Crippen LogP contribution in [0, 0.1) is 0 Å². The first-order valence-electron chi connectivity index (χ1n) is 10.8. The summed E-state index contributed by atoms with van der Waals surface area (Å²) in [6.07, 6.45) is 4.70. The number of fused-ring (bicyclic) bond motifs is 1. The Bertz CT molecular complexity index is 1110. The number of aromatic nitrogens is 2. The molecule has 1 atom stereocenters. The van der Waals surface area contributed by atoms with E-state index in [0.717, 1.165) is 35.6 Å². The fraction of sp³-hybridized carbons (Fsp3) is 0.292. The molecule has 1 N–H and O–H groups in total. The number of carbonyl (C=O) groups is 2. The van der Waals surface area contributed by atoms with E-state index in [9.17, 15) is 9.59 Å². The first-order valence-corrected chi connectivity index (χ1v) is 10.8. The molecule has 0 bridgehead atoms. The van der Waals surface area contributed by atoms with E-state index in [4.69, 9.17) is 4.74 Å². The maximum Gasteiger partial charge on any atom is 0.337 e. The number of benzene rings is 2. The number of methoxy groups -OCH3 is 1. The molecule has 1 aromatic heterocycles. The second-order valence-electron chi connectivity index (χ2n) is 8.08. The number of aromatic amines is 1. The molecule has 32 heavy (non-hydrogen) atoms. The summed E-state index contributed by atoms with van der Waals surface area (Å²) in [5.41, 5.74) is 4.51. The number of hydrogen-bond acceptors (Lipinski definition) is 5. The Hall–Kier alpha value is -3.81. The van der Waals surface area contributed by atoms with Gasteiger partial charge in [0.25, 0.3) is 0 Å². The summed E-state index contributed by atoms with van der Waals surface area (Å²) >= 11 is 0. The van der Waals surface area contributed by atoms with E-state index in [2.05, 4.69) is 15.1 Å². The molecule has 8 heteroatoms. The molecule has 164 valence electrons. The summed E-state index contributed by atoms with van der Waals surface area (Å²) < 4.78 is 4.79. The van der Waals surface area contributed by atoms with Gasteiger partial charge in [-0.3, -0.25) is 10.00 Å². The average Bonchev–Trinajstić information content (AvgIpc) is 3.55. The van der Waals surface area contributed by atoms with E-state index < -0.39 is 0 Å². The lowest BCUT2D eigenvalue weighted by Gasteiger charge is -2.39. The maximum absolute atomic E-state index is 13.4. The van der Waals surface area contributed by atoms with Crippen LogP contribution < -0.4 is 9.80 Å². The molecule has 1 saturated heterocycles. The number of carbonyl (C=O) groups excluding carboxylic acids is 2. The summed E-state index contributed by atoms with van der Waals surface area (Å²) in [4.78, 5) is 31.2. The van der Waals surface area contributed by atoms with Crippen LogP contribution in [-0.4, -0.2) is 60.4 Å². The lowest BCUT2D eigenvalue weighted by Crippen LogP contribution is -2.48. The Morgan fingerprint density at radius 3 is 2.53 bits per heavy atom. The molecule has 0 spiro atoms. The van der Waals surface area contributed by atoms with Crippen molar-refractivity contribution in [3.63, 3.8) is 0 Å². The molecular formula is C24H25N5O3. The minimum atomic E-state index is -0.355. The zero-order chi connectivity index (χ0) is 22.1. The molecule has 2 aliphatic heterocycles. The van der Waals surface area contributed by atoms with Crippen LogP contribution in [0.5, 0.6) is 0 Å². The van der Waals surface area contributed by atoms with Crippen molar-refractivity contribution in [2.45, 2.75) is 12.3 Å². The lowest BCUT2D eigenvalue weighted by atomic mass is 10.0. The van der Waals surface area contributed by atoms with E-state index in [0.29, 0.717) is 31.1 Å². The minimum Gasteiger partial charge on any atom is -0.465 e. The molecule has 0 aliphatic carbocycles. The smallest absolute Gasteiger partial charge is 0.337 e. The van der Waals surface area contributed by atoms with Gasteiger partial charge in [-0.25, -0.2) is 9.59 Å². The largest absolute Gasteiger partial charge is 0.465 e. The Labute approximate surface area is 186 Å². The standard InChI is InChI=1S/C24H25N5O3/c1-32-23(30)17-6-8-20(9-7-17)28-12-13-29(22-5-3-2-4-21(22)28)24(31)27-11-10-18(16-27)19-14-25-26-15-19/h2-9,14-15,18H,10-13,16H2,1H3,(H,25,26). The summed E-state index contributed by atoms with van der Waals surface area (Å²) in [6.45, 7) is 2.70. The number of nitrogens with one attached hydrogen (secondary N) is 1. The van der Waals surface area contributed by atoms with Crippen LogP contribution >= 0.6 is 0 Å². The molecule has 1 fully saturated rings. The molecule has 2 amide bonds. The topological polar surface area (TPSA) is 81.8 Å². The second-order valence-corrected chi connectivity index (χ2v) is 8.08. The van der Waals surface area contributed by atoms with Crippen molar-refractivity contribution < 1.29 is 14.3 Å². The van der Waals surface area contributed by atoms with Crippen molar-refractivity contribution in [3.05, 3.63) is 72.1 Å². The highest BCUT2D eigenvalue weighted by atomic mass is 16.5. The third-order valence-corrected chi connectivity index (χ3v) is 6.29. The number of nitrogens with zero attached hydrogens (tertiary/aromatic N) is 4. The molecule has 8 nitrogen and oxygen atoms in total. The first-order chi connectivity index (χ1) is 15.7. The van der Waals surface area contributed by atoms with Crippen molar-refractivity contribution in [2.75, 3.05) is 43.1 Å². The fourth-order valence-corrected chi connectivity index (χ4v) is 4.58. The van der Waals surface area contributed by atoms with Gasteiger partial charge < -0.3 is 14.5 Å². The van der Waals surface area contributed by atoms with Gasteiger partial charge in [-0.15, -0.1) is 0 Å². The molecule has 3 heterocycles. The average molecular weight is 431 g/mol. The third kappa shape index (κ3) is 3.57. The Morgan fingerprint density at radius 1 is 1.03 bits per heavy atom. The van der Waals surface area contributed by atoms with Gasteiger partial charge in [-0.05, 0) is 48.4 Å². The van der Waals surface area contributed by atoms with Crippen molar-refractivity contribution >= 4 is 29.1 Å². The van der Waals surface area contributed by atoms with Gasteiger partial charge in [0.2, 0.25) is 0 Å². The molecular weight excluding hydrogens is 406 g/mol. The van der Waals surface area contributed by atoms with Gasteiger partial charge in [0, 0.05) is 44.0 Å². The quantitative estimate of drug-likeness (QED) is 0.639. The summed E-state index contributed by atoms with van der Waals surface area (Å²) in [6, 6.07) is 15.4. The van der Waals surface area contributed by atoms with E-state index in [1.807, 2.05) is 58.6 Å². The van der Waals surface area contributed by atoms with E-state index in [-0.39, 0.29) is 12.0 Å². The fourth-order valence-electron chi connectivity index (χ4n) is 4.58. The monoisotopic (exact) mass is 431 g/mol. The highest BCUT2D eigenvalue weighted by Gasteiger charge is 2.34. The van der Waals surface area contributed by atoms with Crippen molar-refractivity contribution in [1.82, 2.24) is 15.1 Å². The molecule has 0 radical (unpaired) electrons.